The second kappa shape index (κ2) is 7.81. The zero-order chi connectivity index (χ0) is 21.3. The zero-order valence-corrected chi connectivity index (χ0v) is 15.9. The molecule has 0 spiro atoms. The maximum atomic E-state index is 12.7. The highest BCUT2D eigenvalue weighted by Crippen LogP contribution is 2.30. The van der Waals surface area contributed by atoms with Gasteiger partial charge in [-0.1, -0.05) is 6.07 Å². The summed E-state index contributed by atoms with van der Waals surface area (Å²) in [5, 5.41) is 8.94. The Morgan fingerprint density at radius 2 is 1.73 bits per heavy atom. The molecule has 1 aliphatic rings. The van der Waals surface area contributed by atoms with Crippen molar-refractivity contribution < 1.29 is 13.2 Å². The lowest BCUT2D eigenvalue weighted by Gasteiger charge is -2.18. The molecular weight excluding hydrogens is 397 g/mol. The summed E-state index contributed by atoms with van der Waals surface area (Å²) in [6.07, 6.45) is -1.81. The number of aryl methyl sites for hydroxylation is 1. The van der Waals surface area contributed by atoms with E-state index in [1.807, 2.05) is 12.1 Å². The average Bonchev–Trinajstić information content (AvgIpc) is 2.75. The molecule has 0 amide bonds. The minimum Gasteiger partial charge on any atom is -0.380 e. The molecular formula is C21H19F3N4O2. The van der Waals surface area contributed by atoms with Crippen LogP contribution in [0.15, 0.2) is 46.0 Å². The fraction of sp³-hybridized carbons (Fsp3) is 0.286. The van der Waals surface area contributed by atoms with Crippen LogP contribution in [0.2, 0.25) is 0 Å². The summed E-state index contributed by atoms with van der Waals surface area (Å²) >= 11 is 0. The number of halogens is 3. The van der Waals surface area contributed by atoms with Crippen LogP contribution in [-0.2, 0) is 19.0 Å². The molecule has 1 aromatic heterocycles. The highest BCUT2D eigenvalue weighted by molar-refractivity contribution is 5.78. The van der Waals surface area contributed by atoms with Gasteiger partial charge >= 0.3 is 6.18 Å². The van der Waals surface area contributed by atoms with Crippen molar-refractivity contribution in [3.05, 3.63) is 73.7 Å². The Morgan fingerprint density at radius 1 is 1.00 bits per heavy atom. The largest absolute Gasteiger partial charge is 0.416 e. The summed E-state index contributed by atoms with van der Waals surface area (Å²) in [6.45, 7) is 1.28. The fourth-order valence-corrected chi connectivity index (χ4v) is 3.39. The molecule has 156 valence electrons. The van der Waals surface area contributed by atoms with Gasteiger partial charge < -0.3 is 16.0 Å². The van der Waals surface area contributed by atoms with Crippen LogP contribution < -0.4 is 26.8 Å². The zero-order valence-electron chi connectivity index (χ0n) is 15.9. The minimum absolute atomic E-state index is 0.0554. The van der Waals surface area contributed by atoms with Gasteiger partial charge in [-0.05, 0) is 48.7 Å². The molecule has 1 aliphatic heterocycles. The number of hydrogen-bond acceptors (Lipinski definition) is 6. The quantitative estimate of drug-likeness (QED) is 0.534. The molecule has 0 atom stereocenters. The van der Waals surface area contributed by atoms with Gasteiger partial charge in [0.25, 0.3) is 10.9 Å². The maximum absolute atomic E-state index is 12.7. The number of hydrogen-bond donors (Lipinski definition) is 3. The molecule has 0 aliphatic carbocycles. The van der Waals surface area contributed by atoms with Gasteiger partial charge in [-0.25, -0.2) is 4.98 Å². The van der Waals surface area contributed by atoms with Crippen LogP contribution in [0.25, 0.3) is 0 Å². The minimum atomic E-state index is -4.44. The third kappa shape index (κ3) is 4.00. The first kappa shape index (κ1) is 19.9. The molecule has 2 heterocycles. The van der Waals surface area contributed by atoms with Gasteiger partial charge in [0.15, 0.2) is 0 Å². The van der Waals surface area contributed by atoms with Crippen molar-refractivity contribution in [2.24, 2.45) is 0 Å². The number of fused-ring (bicyclic) bond motifs is 1. The van der Waals surface area contributed by atoms with Crippen molar-refractivity contribution in [2.45, 2.75) is 25.4 Å². The molecule has 0 unspecified atom stereocenters. The van der Waals surface area contributed by atoms with Gasteiger partial charge in [-0.15, -0.1) is 0 Å². The monoisotopic (exact) mass is 416 g/mol. The molecule has 0 saturated carbocycles. The van der Waals surface area contributed by atoms with E-state index in [2.05, 4.69) is 20.9 Å². The lowest BCUT2D eigenvalue weighted by atomic mass is 10.1. The molecule has 6 nitrogen and oxygen atoms in total. The highest BCUT2D eigenvalue weighted by Gasteiger charge is 2.30. The number of rotatable bonds is 6. The lowest BCUT2D eigenvalue weighted by molar-refractivity contribution is -0.137. The first-order chi connectivity index (χ1) is 14.3. The number of pyridine rings is 1. The topological polar surface area (TPSA) is 83.1 Å². The van der Waals surface area contributed by atoms with E-state index in [9.17, 15) is 22.8 Å². The Balaban J connectivity index is 1.40. The van der Waals surface area contributed by atoms with E-state index in [1.54, 1.807) is 0 Å². The van der Waals surface area contributed by atoms with Crippen LogP contribution in [-0.4, -0.2) is 18.1 Å². The van der Waals surface area contributed by atoms with Crippen molar-refractivity contribution in [3.8, 4) is 0 Å². The number of anilines is 4. The summed E-state index contributed by atoms with van der Waals surface area (Å²) in [5.41, 5.74) is 0.382. The summed E-state index contributed by atoms with van der Waals surface area (Å²) in [6, 6.07) is 8.24. The summed E-state index contributed by atoms with van der Waals surface area (Å²) in [7, 11) is 0. The SMILES string of the molecule is O=c1c(NCCc2ccc3c(n2)NCCC3)c(Nc2ccc(C(F)(F)F)cc2)c1=O. The first-order valence-electron chi connectivity index (χ1n) is 9.57. The Labute approximate surface area is 169 Å². The van der Waals surface area contributed by atoms with Gasteiger partial charge in [0, 0.05) is 30.9 Å². The smallest absolute Gasteiger partial charge is 0.380 e. The lowest BCUT2D eigenvalue weighted by Crippen LogP contribution is -2.37. The number of benzene rings is 1. The van der Waals surface area contributed by atoms with Gasteiger partial charge in [0.2, 0.25) is 0 Å². The first-order valence-corrected chi connectivity index (χ1v) is 9.57. The molecule has 0 bridgehead atoms. The van der Waals surface area contributed by atoms with Gasteiger partial charge in [0.1, 0.15) is 17.2 Å². The summed E-state index contributed by atoms with van der Waals surface area (Å²) in [5.74, 6) is 0.887. The van der Waals surface area contributed by atoms with Crippen LogP contribution >= 0.6 is 0 Å². The van der Waals surface area contributed by atoms with E-state index < -0.39 is 22.6 Å². The fourth-order valence-electron chi connectivity index (χ4n) is 3.39. The predicted molar refractivity (Wildman–Crippen MR) is 109 cm³/mol. The summed E-state index contributed by atoms with van der Waals surface area (Å²) < 4.78 is 38.0. The maximum Gasteiger partial charge on any atom is 0.416 e. The molecule has 0 fully saturated rings. The van der Waals surface area contributed by atoms with E-state index in [-0.39, 0.29) is 11.4 Å². The highest BCUT2D eigenvalue weighted by atomic mass is 19.4. The van der Waals surface area contributed by atoms with Gasteiger partial charge in [0.05, 0.1) is 5.56 Å². The normalized spacial score (nSPS) is 13.6. The van der Waals surface area contributed by atoms with Crippen LogP contribution in [0.4, 0.5) is 36.1 Å². The van der Waals surface area contributed by atoms with Crippen molar-refractivity contribution in [1.29, 1.82) is 0 Å². The third-order valence-electron chi connectivity index (χ3n) is 5.03. The van der Waals surface area contributed by atoms with Crippen molar-refractivity contribution >= 4 is 22.9 Å². The predicted octanol–water partition coefficient (Wildman–Crippen LogP) is 3.45. The van der Waals surface area contributed by atoms with Gasteiger partial charge in [-0.3, -0.25) is 9.59 Å². The Bertz CT molecular complexity index is 1130. The van der Waals surface area contributed by atoms with Gasteiger partial charge in [-0.2, -0.15) is 13.2 Å². The Hall–Kier alpha value is -3.36. The van der Waals surface area contributed by atoms with Crippen molar-refractivity contribution in [2.75, 3.05) is 29.0 Å². The molecule has 0 saturated heterocycles. The Kier molecular flexibility index (Phi) is 5.19. The van der Waals surface area contributed by atoms with Crippen molar-refractivity contribution in [3.63, 3.8) is 0 Å². The van der Waals surface area contributed by atoms with Crippen LogP contribution in [0.3, 0.4) is 0 Å². The second-order valence-electron chi connectivity index (χ2n) is 7.13. The van der Waals surface area contributed by atoms with Crippen LogP contribution in [0.1, 0.15) is 23.2 Å². The van der Waals surface area contributed by atoms with Crippen LogP contribution in [0, 0.1) is 0 Å². The van der Waals surface area contributed by atoms with Crippen LogP contribution in [0.5, 0.6) is 0 Å². The number of nitrogens with zero attached hydrogens (tertiary/aromatic N) is 1. The third-order valence-corrected chi connectivity index (χ3v) is 5.03. The van der Waals surface area contributed by atoms with E-state index >= 15 is 0 Å². The van der Waals surface area contributed by atoms with E-state index in [4.69, 9.17) is 0 Å². The van der Waals surface area contributed by atoms with Crippen molar-refractivity contribution in [1.82, 2.24) is 4.98 Å². The van der Waals surface area contributed by atoms with E-state index in [0.29, 0.717) is 18.7 Å². The van der Waals surface area contributed by atoms with E-state index in [0.717, 1.165) is 43.0 Å². The molecule has 0 radical (unpaired) electrons. The van der Waals surface area contributed by atoms with E-state index in [1.165, 1.54) is 17.7 Å². The average molecular weight is 416 g/mol. The number of nitrogens with one attached hydrogen (secondary N) is 3. The molecule has 9 heteroatoms. The molecule has 3 aromatic rings. The second-order valence-corrected chi connectivity index (χ2v) is 7.13. The number of aromatic nitrogens is 1. The Morgan fingerprint density at radius 3 is 2.47 bits per heavy atom. The number of alkyl halides is 3. The molecule has 4 rings (SSSR count). The molecule has 2 aromatic carbocycles. The standard InChI is InChI=1S/C21H19F3N4O2/c22-21(23,24)13-4-7-14(8-5-13)27-17-16(18(29)19(17)30)25-11-9-15-6-3-12-2-1-10-26-20(12)28-15/h3-8,25,27H,1-2,9-11H2,(H,26,28). The summed E-state index contributed by atoms with van der Waals surface area (Å²) in [4.78, 5) is 28.4. The molecule has 3 N–H and O–H groups in total. The molecule has 30 heavy (non-hydrogen) atoms.